The zero-order valence-electron chi connectivity index (χ0n) is 11.2. The Labute approximate surface area is 108 Å². The SMILES string of the molecule is CCC(C)NC(=O)COc1ccc(CNC)nc1. The van der Waals surface area contributed by atoms with Crippen LogP contribution in [0.1, 0.15) is 26.0 Å². The molecule has 0 saturated carbocycles. The van der Waals surface area contributed by atoms with Crippen LogP contribution in [0.2, 0.25) is 0 Å². The third-order valence-electron chi connectivity index (χ3n) is 2.55. The van der Waals surface area contributed by atoms with E-state index in [2.05, 4.69) is 15.6 Å². The third-order valence-corrected chi connectivity index (χ3v) is 2.55. The quantitative estimate of drug-likeness (QED) is 0.761. The normalized spacial score (nSPS) is 11.9. The van der Waals surface area contributed by atoms with Crippen molar-refractivity contribution >= 4 is 5.91 Å². The van der Waals surface area contributed by atoms with Gasteiger partial charge in [0.1, 0.15) is 5.75 Å². The first-order valence-electron chi connectivity index (χ1n) is 6.17. The summed E-state index contributed by atoms with van der Waals surface area (Å²) in [7, 11) is 1.87. The molecule has 0 spiro atoms. The van der Waals surface area contributed by atoms with Gasteiger partial charge in [0.25, 0.3) is 5.91 Å². The molecule has 0 aliphatic heterocycles. The van der Waals surface area contributed by atoms with Crippen LogP contribution in [0, 0.1) is 0 Å². The highest BCUT2D eigenvalue weighted by atomic mass is 16.5. The third kappa shape index (κ3) is 5.14. The number of rotatable bonds is 7. The van der Waals surface area contributed by atoms with Gasteiger partial charge in [-0.3, -0.25) is 9.78 Å². The van der Waals surface area contributed by atoms with E-state index in [0.717, 1.165) is 18.7 Å². The van der Waals surface area contributed by atoms with Gasteiger partial charge in [-0.05, 0) is 32.5 Å². The number of hydrogen-bond acceptors (Lipinski definition) is 4. The predicted octanol–water partition coefficient (Wildman–Crippen LogP) is 1.09. The summed E-state index contributed by atoms with van der Waals surface area (Å²) in [5.74, 6) is 0.498. The molecule has 0 bridgehead atoms. The van der Waals surface area contributed by atoms with E-state index in [9.17, 15) is 4.79 Å². The minimum absolute atomic E-state index is 0.0252. The van der Waals surface area contributed by atoms with Gasteiger partial charge in [0.05, 0.1) is 11.9 Å². The standard InChI is InChI=1S/C13H21N3O2/c1-4-10(2)16-13(17)9-18-12-6-5-11(7-14-3)15-8-12/h5-6,8,10,14H,4,7,9H2,1-3H3,(H,16,17). The number of carbonyl (C=O) groups is 1. The van der Waals surface area contributed by atoms with Gasteiger partial charge < -0.3 is 15.4 Å². The lowest BCUT2D eigenvalue weighted by Gasteiger charge is -2.12. The van der Waals surface area contributed by atoms with Crippen LogP contribution in [-0.4, -0.2) is 30.6 Å². The molecule has 0 saturated heterocycles. The zero-order chi connectivity index (χ0) is 13.4. The highest BCUT2D eigenvalue weighted by Crippen LogP contribution is 2.08. The molecule has 0 aliphatic carbocycles. The van der Waals surface area contributed by atoms with Crippen LogP contribution in [0.3, 0.4) is 0 Å². The fourth-order valence-electron chi connectivity index (χ4n) is 1.35. The lowest BCUT2D eigenvalue weighted by Crippen LogP contribution is -2.35. The zero-order valence-corrected chi connectivity index (χ0v) is 11.2. The summed E-state index contributed by atoms with van der Waals surface area (Å²) in [6.07, 6.45) is 2.54. The van der Waals surface area contributed by atoms with Crippen molar-refractivity contribution in [3.8, 4) is 5.75 Å². The van der Waals surface area contributed by atoms with Gasteiger partial charge in [0, 0.05) is 12.6 Å². The molecule has 0 aromatic carbocycles. The molecule has 0 fully saturated rings. The van der Waals surface area contributed by atoms with Crippen molar-refractivity contribution in [1.29, 1.82) is 0 Å². The molecule has 0 radical (unpaired) electrons. The topological polar surface area (TPSA) is 63.2 Å². The van der Waals surface area contributed by atoms with Gasteiger partial charge in [0.15, 0.2) is 6.61 Å². The van der Waals surface area contributed by atoms with Gasteiger partial charge in [-0.2, -0.15) is 0 Å². The summed E-state index contributed by atoms with van der Waals surface area (Å²) in [6.45, 7) is 4.73. The van der Waals surface area contributed by atoms with Crippen LogP contribution in [-0.2, 0) is 11.3 Å². The second-order valence-electron chi connectivity index (χ2n) is 4.18. The molecule has 1 heterocycles. The molecule has 0 aliphatic rings. The Morgan fingerprint density at radius 3 is 2.83 bits per heavy atom. The molecular weight excluding hydrogens is 230 g/mol. The number of pyridine rings is 1. The lowest BCUT2D eigenvalue weighted by atomic mass is 10.2. The fourth-order valence-corrected chi connectivity index (χ4v) is 1.35. The van der Waals surface area contributed by atoms with Crippen LogP contribution in [0.25, 0.3) is 0 Å². The van der Waals surface area contributed by atoms with Crippen LogP contribution in [0.4, 0.5) is 0 Å². The molecule has 5 nitrogen and oxygen atoms in total. The van der Waals surface area contributed by atoms with Crippen molar-refractivity contribution in [2.24, 2.45) is 0 Å². The molecule has 5 heteroatoms. The Morgan fingerprint density at radius 2 is 2.28 bits per heavy atom. The summed E-state index contributed by atoms with van der Waals surface area (Å²) in [6, 6.07) is 3.87. The Kier molecular flexibility index (Phi) is 6.14. The lowest BCUT2D eigenvalue weighted by molar-refractivity contribution is -0.123. The molecule has 1 aromatic heterocycles. The molecule has 1 aromatic rings. The van der Waals surface area contributed by atoms with Crippen molar-refractivity contribution in [2.75, 3.05) is 13.7 Å². The van der Waals surface area contributed by atoms with Gasteiger partial charge in [-0.15, -0.1) is 0 Å². The average Bonchev–Trinajstić information content (AvgIpc) is 2.38. The Balaban J connectivity index is 2.36. The summed E-state index contributed by atoms with van der Waals surface area (Å²) in [5, 5.41) is 5.85. The Bertz CT molecular complexity index is 365. The molecule has 2 N–H and O–H groups in total. The number of aromatic nitrogens is 1. The van der Waals surface area contributed by atoms with Crippen LogP contribution < -0.4 is 15.4 Å². The maximum atomic E-state index is 11.5. The van der Waals surface area contributed by atoms with Gasteiger partial charge in [-0.25, -0.2) is 0 Å². The van der Waals surface area contributed by atoms with E-state index in [4.69, 9.17) is 4.74 Å². The van der Waals surface area contributed by atoms with Crippen molar-refractivity contribution < 1.29 is 9.53 Å². The fraction of sp³-hybridized carbons (Fsp3) is 0.538. The predicted molar refractivity (Wildman–Crippen MR) is 70.4 cm³/mol. The van der Waals surface area contributed by atoms with E-state index in [1.54, 1.807) is 6.20 Å². The second kappa shape index (κ2) is 7.66. The average molecular weight is 251 g/mol. The van der Waals surface area contributed by atoms with Crippen LogP contribution in [0.15, 0.2) is 18.3 Å². The highest BCUT2D eigenvalue weighted by molar-refractivity contribution is 5.77. The number of hydrogen-bond donors (Lipinski definition) is 2. The molecule has 1 rings (SSSR count). The summed E-state index contributed by atoms with van der Waals surface area (Å²) >= 11 is 0. The smallest absolute Gasteiger partial charge is 0.258 e. The van der Waals surface area contributed by atoms with Crippen LogP contribution >= 0.6 is 0 Å². The van der Waals surface area contributed by atoms with Gasteiger partial charge in [0.2, 0.25) is 0 Å². The largest absolute Gasteiger partial charge is 0.482 e. The number of amides is 1. The monoisotopic (exact) mass is 251 g/mol. The number of nitrogens with zero attached hydrogens (tertiary/aromatic N) is 1. The van der Waals surface area contributed by atoms with Crippen molar-refractivity contribution in [3.05, 3.63) is 24.0 Å². The number of ether oxygens (including phenoxy) is 1. The van der Waals surface area contributed by atoms with Crippen molar-refractivity contribution in [2.45, 2.75) is 32.9 Å². The summed E-state index contributed by atoms with van der Waals surface area (Å²) < 4.78 is 5.35. The van der Waals surface area contributed by atoms with E-state index in [-0.39, 0.29) is 18.6 Å². The van der Waals surface area contributed by atoms with E-state index in [0.29, 0.717) is 5.75 Å². The van der Waals surface area contributed by atoms with Crippen LogP contribution in [0.5, 0.6) is 5.75 Å². The minimum Gasteiger partial charge on any atom is -0.482 e. The first kappa shape index (κ1) is 14.4. The highest BCUT2D eigenvalue weighted by Gasteiger charge is 2.06. The second-order valence-corrected chi connectivity index (χ2v) is 4.18. The molecule has 1 unspecified atom stereocenters. The number of nitrogens with one attached hydrogen (secondary N) is 2. The van der Waals surface area contributed by atoms with E-state index in [1.807, 2.05) is 33.0 Å². The minimum atomic E-state index is -0.108. The van der Waals surface area contributed by atoms with Crippen molar-refractivity contribution in [1.82, 2.24) is 15.6 Å². The Morgan fingerprint density at radius 1 is 1.50 bits per heavy atom. The maximum absolute atomic E-state index is 11.5. The van der Waals surface area contributed by atoms with E-state index in [1.165, 1.54) is 0 Å². The van der Waals surface area contributed by atoms with Gasteiger partial charge in [-0.1, -0.05) is 6.92 Å². The first-order valence-corrected chi connectivity index (χ1v) is 6.17. The summed E-state index contributed by atoms with van der Waals surface area (Å²) in [4.78, 5) is 15.7. The molecule has 100 valence electrons. The van der Waals surface area contributed by atoms with Gasteiger partial charge >= 0.3 is 0 Å². The summed E-state index contributed by atoms with van der Waals surface area (Å²) in [5.41, 5.74) is 0.939. The van der Waals surface area contributed by atoms with E-state index >= 15 is 0 Å². The van der Waals surface area contributed by atoms with Crippen molar-refractivity contribution in [3.63, 3.8) is 0 Å². The molecule has 18 heavy (non-hydrogen) atoms. The maximum Gasteiger partial charge on any atom is 0.258 e. The molecular formula is C13H21N3O2. The molecule has 1 atom stereocenters. The number of carbonyl (C=O) groups excluding carboxylic acids is 1. The molecule has 1 amide bonds. The van der Waals surface area contributed by atoms with E-state index < -0.39 is 0 Å². The first-order chi connectivity index (χ1) is 8.65. The Hall–Kier alpha value is -1.62.